The quantitative estimate of drug-likeness (QED) is 0.716. The number of halogens is 1. The van der Waals surface area contributed by atoms with Crippen molar-refractivity contribution in [1.82, 2.24) is 24.5 Å². The van der Waals surface area contributed by atoms with Crippen molar-refractivity contribution in [2.24, 2.45) is 7.05 Å². The van der Waals surface area contributed by atoms with Crippen molar-refractivity contribution in [3.8, 4) is 5.95 Å². The first kappa shape index (κ1) is 7.71. The summed E-state index contributed by atoms with van der Waals surface area (Å²) in [5.74, 6) is 0.720. The van der Waals surface area contributed by atoms with Crippen molar-refractivity contribution >= 4 is 22.6 Å². The van der Waals surface area contributed by atoms with Crippen LogP contribution >= 0.6 is 22.6 Å². The molecule has 0 amide bonds. The molecular formula is C6H6IN5. The van der Waals surface area contributed by atoms with Crippen LogP contribution in [-0.2, 0) is 7.05 Å². The number of aryl methyl sites for hydroxylation is 1. The van der Waals surface area contributed by atoms with Crippen molar-refractivity contribution in [3.63, 3.8) is 0 Å². The fourth-order valence-electron chi connectivity index (χ4n) is 0.908. The molecule has 0 bridgehead atoms. The van der Waals surface area contributed by atoms with E-state index < -0.39 is 0 Å². The van der Waals surface area contributed by atoms with Gasteiger partial charge in [-0.25, -0.2) is 9.36 Å². The van der Waals surface area contributed by atoms with E-state index >= 15 is 0 Å². The second-order valence-electron chi connectivity index (χ2n) is 2.29. The summed E-state index contributed by atoms with van der Waals surface area (Å²) >= 11 is 2.20. The monoisotopic (exact) mass is 275 g/mol. The standard InChI is InChI=1S/C6H6IN5/c1-11-6(8-4-10-11)12-3-5(7)2-9-12/h2-4H,1H3. The molecule has 12 heavy (non-hydrogen) atoms. The molecule has 0 aliphatic carbocycles. The molecule has 0 saturated carbocycles. The molecule has 0 fully saturated rings. The van der Waals surface area contributed by atoms with Crippen LogP contribution in [0.1, 0.15) is 0 Å². The van der Waals surface area contributed by atoms with Gasteiger partial charge in [-0.2, -0.15) is 15.2 Å². The molecule has 0 unspecified atom stereocenters. The molecule has 5 nitrogen and oxygen atoms in total. The average Bonchev–Trinajstić information content (AvgIpc) is 2.58. The minimum Gasteiger partial charge on any atom is -0.233 e. The van der Waals surface area contributed by atoms with Gasteiger partial charge in [-0.15, -0.1) is 0 Å². The van der Waals surface area contributed by atoms with E-state index in [4.69, 9.17) is 0 Å². The van der Waals surface area contributed by atoms with Gasteiger partial charge in [0.2, 0.25) is 5.95 Å². The molecule has 2 aromatic rings. The van der Waals surface area contributed by atoms with E-state index in [0.29, 0.717) is 0 Å². The Bertz CT molecular complexity index is 390. The highest BCUT2D eigenvalue weighted by Gasteiger charge is 2.03. The van der Waals surface area contributed by atoms with E-state index in [-0.39, 0.29) is 0 Å². The van der Waals surface area contributed by atoms with Crippen LogP contribution in [0.2, 0.25) is 0 Å². The van der Waals surface area contributed by atoms with Crippen LogP contribution in [0.5, 0.6) is 0 Å². The Labute approximate surface area is 82.5 Å². The van der Waals surface area contributed by atoms with E-state index in [1.54, 1.807) is 15.6 Å². The summed E-state index contributed by atoms with van der Waals surface area (Å²) in [5, 5.41) is 8.05. The van der Waals surface area contributed by atoms with Crippen molar-refractivity contribution in [1.29, 1.82) is 0 Å². The molecule has 2 aromatic heterocycles. The lowest BCUT2D eigenvalue weighted by Crippen LogP contribution is -2.04. The topological polar surface area (TPSA) is 48.5 Å². The highest BCUT2D eigenvalue weighted by atomic mass is 127. The molecule has 2 rings (SSSR count). The van der Waals surface area contributed by atoms with Gasteiger partial charge in [0.25, 0.3) is 0 Å². The molecule has 62 valence electrons. The fraction of sp³-hybridized carbons (Fsp3) is 0.167. The summed E-state index contributed by atoms with van der Waals surface area (Å²) in [6.07, 6.45) is 5.17. The number of nitrogens with zero attached hydrogens (tertiary/aromatic N) is 5. The number of aromatic nitrogens is 5. The van der Waals surface area contributed by atoms with Crippen LogP contribution in [0.3, 0.4) is 0 Å². The average molecular weight is 275 g/mol. The maximum atomic E-state index is 4.10. The van der Waals surface area contributed by atoms with Crippen molar-refractivity contribution < 1.29 is 0 Å². The lowest BCUT2D eigenvalue weighted by molar-refractivity contribution is 0.689. The molecule has 0 aromatic carbocycles. The first-order chi connectivity index (χ1) is 5.77. The maximum absolute atomic E-state index is 4.10. The zero-order valence-corrected chi connectivity index (χ0v) is 8.50. The Morgan fingerprint density at radius 3 is 2.75 bits per heavy atom. The van der Waals surface area contributed by atoms with E-state index in [9.17, 15) is 0 Å². The Morgan fingerprint density at radius 1 is 1.42 bits per heavy atom. The van der Waals surface area contributed by atoms with Crippen molar-refractivity contribution in [3.05, 3.63) is 22.3 Å². The smallest absolute Gasteiger partial charge is 0.233 e. The van der Waals surface area contributed by atoms with Gasteiger partial charge in [0.15, 0.2) is 0 Å². The van der Waals surface area contributed by atoms with E-state index in [1.807, 2.05) is 13.2 Å². The predicted molar refractivity (Wildman–Crippen MR) is 50.8 cm³/mol. The van der Waals surface area contributed by atoms with Crippen LogP contribution in [0, 0.1) is 3.57 Å². The molecule has 0 aliphatic heterocycles. The fourth-order valence-corrected chi connectivity index (χ4v) is 1.30. The molecule has 0 spiro atoms. The second kappa shape index (κ2) is 2.85. The zero-order valence-electron chi connectivity index (χ0n) is 6.35. The van der Waals surface area contributed by atoms with Gasteiger partial charge in [-0.1, -0.05) is 0 Å². The summed E-state index contributed by atoms with van der Waals surface area (Å²) in [6.45, 7) is 0. The first-order valence-electron chi connectivity index (χ1n) is 3.32. The summed E-state index contributed by atoms with van der Waals surface area (Å²) in [6, 6.07) is 0. The molecular weight excluding hydrogens is 269 g/mol. The molecule has 2 heterocycles. The Morgan fingerprint density at radius 2 is 2.25 bits per heavy atom. The predicted octanol–water partition coefficient (Wildman–Crippen LogP) is 0.605. The third-order valence-corrected chi connectivity index (χ3v) is 2.00. The minimum absolute atomic E-state index is 0.720. The Kier molecular flexibility index (Phi) is 1.83. The van der Waals surface area contributed by atoms with E-state index in [1.165, 1.54) is 6.33 Å². The number of rotatable bonds is 1. The molecule has 0 atom stereocenters. The van der Waals surface area contributed by atoms with Gasteiger partial charge >= 0.3 is 0 Å². The zero-order chi connectivity index (χ0) is 8.55. The van der Waals surface area contributed by atoms with Crippen LogP contribution in [0.4, 0.5) is 0 Å². The van der Waals surface area contributed by atoms with Gasteiger partial charge < -0.3 is 0 Å². The lowest BCUT2D eigenvalue weighted by Gasteiger charge is -1.96. The molecule has 0 N–H and O–H groups in total. The molecule has 0 radical (unpaired) electrons. The highest BCUT2D eigenvalue weighted by molar-refractivity contribution is 14.1. The SMILES string of the molecule is Cn1ncnc1-n1cc(I)cn1. The van der Waals surface area contributed by atoms with Crippen molar-refractivity contribution in [2.75, 3.05) is 0 Å². The van der Waals surface area contributed by atoms with Gasteiger partial charge in [0, 0.05) is 13.2 Å². The third-order valence-electron chi connectivity index (χ3n) is 1.44. The van der Waals surface area contributed by atoms with Crippen LogP contribution in [0.15, 0.2) is 18.7 Å². The number of hydrogen-bond donors (Lipinski definition) is 0. The Balaban J connectivity index is 2.50. The minimum atomic E-state index is 0.720. The lowest BCUT2D eigenvalue weighted by atomic mass is 10.7. The van der Waals surface area contributed by atoms with Crippen LogP contribution in [-0.4, -0.2) is 24.5 Å². The van der Waals surface area contributed by atoms with Gasteiger partial charge in [0.05, 0.1) is 9.77 Å². The molecule has 6 heteroatoms. The Hall–Kier alpha value is -0.920. The largest absolute Gasteiger partial charge is 0.248 e. The van der Waals surface area contributed by atoms with Gasteiger partial charge in [-0.05, 0) is 22.6 Å². The third kappa shape index (κ3) is 1.22. The first-order valence-corrected chi connectivity index (χ1v) is 4.40. The van der Waals surface area contributed by atoms with E-state index in [0.717, 1.165) is 9.52 Å². The summed E-state index contributed by atoms with van der Waals surface area (Å²) in [5.41, 5.74) is 0. The van der Waals surface area contributed by atoms with Crippen molar-refractivity contribution in [2.45, 2.75) is 0 Å². The summed E-state index contributed by atoms with van der Waals surface area (Å²) in [4.78, 5) is 4.05. The van der Waals surface area contributed by atoms with Crippen LogP contribution < -0.4 is 0 Å². The summed E-state index contributed by atoms with van der Waals surface area (Å²) in [7, 11) is 1.83. The molecule has 0 saturated heterocycles. The normalized spacial score (nSPS) is 10.5. The summed E-state index contributed by atoms with van der Waals surface area (Å²) < 4.78 is 4.44. The van der Waals surface area contributed by atoms with E-state index in [2.05, 4.69) is 37.8 Å². The number of hydrogen-bond acceptors (Lipinski definition) is 3. The van der Waals surface area contributed by atoms with Gasteiger partial charge in [-0.3, -0.25) is 0 Å². The maximum Gasteiger partial charge on any atom is 0.248 e. The molecule has 0 aliphatic rings. The second-order valence-corrected chi connectivity index (χ2v) is 3.53. The van der Waals surface area contributed by atoms with Gasteiger partial charge in [0.1, 0.15) is 6.33 Å². The highest BCUT2D eigenvalue weighted by Crippen LogP contribution is 2.05. The van der Waals surface area contributed by atoms with Crippen LogP contribution in [0.25, 0.3) is 5.95 Å².